The summed E-state index contributed by atoms with van der Waals surface area (Å²) in [7, 11) is 1.62. The third-order valence-electron chi connectivity index (χ3n) is 4.75. The average molecular weight is 329 g/mol. The topological polar surface area (TPSA) is 86.3 Å². The summed E-state index contributed by atoms with van der Waals surface area (Å²) < 4.78 is 6.83. The number of aromatic nitrogens is 3. The molecule has 7 heteroatoms. The highest BCUT2D eigenvalue weighted by Crippen LogP contribution is 2.29. The van der Waals surface area contributed by atoms with E-state index < -0.39 is 0 Å². The lowest BCUT2D eigenvalue weighted by atomic mass is 9.90. The first-order chi connectivity index (χ1) is 11.5. The second-order valence-electron chi connectivity index (χ2n) is 6.62. The average Bonchev–Trinajstić information content (AvgIpc) is 3.18. The van der Waals surface area contributed by atoms with Crippen molar-refractivity contribution < 1.29 is 9.53 Å². The van der Waals surface area contributed by atoms with Gasteiger partial charge in [0.25, 0.3) is 5.91 Å². The lowest BCUT2D eigenvalue weighted by molar-refractivity contribution is 0.0770. The number of ether oxygens (including phenoxy) is 1. The van der Waals surface area contributed by atoms with Crippen molar-refractivity contribution in [3.8, 4) is 11.4 Å². The van der Waals surface area contributed by atoms with Crippen LogP contribution in [-0.4, -0.2) is 52.5 Å². The van der Waals surface area contributed by atoms with Crippen LogP contribution in [0.3, 0.4) is 0 Å². The third kappa shape index (κ3) is 2.87. The molecular formula is C17H23N5O2. The van der Waals surface area contributed by atoms with Crippen molar-refractivity contribution >= 4 is 5.91 Å². The van der Waals surface area contributed by atoms with Gasteiger partial charge in [0.15, 0.2) is 5.69 Å². The highest BCUT2D eigenvalue weighted by molar-refractivity contribution is 5.93. The standard InChI is InChI=1S/C17H23N5O2/c1-12-15(16(23)21-9-8-17(2,10-18)11-21)19-20-22(12)13-4-6-14(24-3)7-5-13/h4-7H,8-11,18H2,1-3H3. The van der Waals surface area contributed by atoms with Gasteiger partial charge in [-0.15, -0.1) is 5.10 Å². The van der Waals surface area contributed by atoms with E-state index in [1.165, 1.54) is 0 Å². The van der Waals surface area contributed by atoms with Crippen LogP contribution in [0.1, 0.15) is 29.5 Å². The van der Waals surface area contributed by atoms with Gasteiger partial charge in [0, 0.05) is 13.1 Å². The molecule has 7 nitrogen and oxygen atoms in total. The van der Waals surface area contributed by atoms with Gasteiger partial charge >= 0.3 is 0 Å². The number of benzene rings is 1. The number of hydrogen-bond acceptors (Lipinski definition) is 5. The van der Waals surface area contributed by atoms with Crippen molar-refractivity contribution in [3.63, 3.8) is 0 Å². The highest BCUT2D eigenvalue weighted by Gasteiger charge is 2.36. The lowest BCUT2D eigenvalue weighted by Crippen LogP contribution is -2.35. The number of methoxy groups -OCH3 is 1. The molecule has 1 amide bonds. The minimum atomic E-state index is -0.0792. The number of carbonyl (C=O) groups is 1. The Morgan fingerprint density at radius 3 is 2.67 bits per heavy atom. The third-order valence-corrected chi connectivity index (χ3v) is 4.75. The summed E-state index contributed by atoms with van der Waals surface area (Å²) in [6.45, 7) is 5.92. The Balaban J connectivity index is 1.83. The predicted octanol–water partition coefficient (Wildman–Crippen LogP) is 1.40. The fourth-order valence-corrected chi connectivity index (χ4v) is 3.01. The number of rotatable bonds is 4. The van der Waals surface area contributed by atoms with Crippen LogP contribution in [0.15, 0.2) is 24.3 Å². The minimum absolute atomic E-state index is 0.00442. The maximum Gasteiger partial charge on any atom is 0.276 e. The zero-order valence-corrected chi connectivity index (χ0v) is 14.3. The van der Waals surface area contributed by atoms with E-state index >= 15 is 0 Å². The van der Waals surface area contributed by atoms with Crippen LogP contribution in [0.25, 0.3) is 5.69 Å². The summed E-state index contributed by atoms with van der Waals surface area (Å²) in [6.07, 6.45) is 0.918. The van der Waals surface area contributed by atoms with Gasteiger partial charge in [-0.3, -0.25) is 4.79 Å². The Kier molecular flexibility index (Phi) is 4.28. The molecule has 0 spiro atoms. The number of amides is 1. The monoisotopic (exact) mass is 329 g/mol. The molecule has 1 aromatic heterocycles. The summed E-state index contributed by atoms with van der Waals surface area (Å²) in [5, 5.41) is 8.26. The second kappa shape index (κ2) is 6.24. The van der Waals surface area contributed by atoms with Gasteiger partial charge in [-0.05, 0) is 49.6 Å². The van der Waals surface area contributed by atoms with Crippen LogP contribution in [-0.2, 0) is 0 Å². The molecule has 128 valence electrons. The van der Waals surface area contributed by atoms with E-state index in [0.29, 0.717) is 25.3 Å². The first-order valence-electron chi connectivity index (χ1n) is 8.03. The fraction of sp³-hybridized carbons (Fsp3) is 0.471. The smallest absolute Gasteiger partial charge is 0.276 e. The van der Waals surface area contributed by atoms with E-state index in [2.05, 4.69) is 17.2 Å². The van der Waals surface area contributed by atoms with Crippen molar-refractivity contribution in [1.82, 2.24) is 19.9 Å². The van der Waals surface area contributed by atoms with Crippen molar-refractivity contribution in [2.45, 2.75) is 20.3 Å². The molecule has 1 unspecified atom stereocenters. The Hall–Kier alpha value is -2.41. The first-order valence-corrected chi connectivity index (χ1v) is 8.03. The normalized spacial score (nSPS) is 20.4. The molecule has 1 aliphatic rings. The molecule has 0 bridgehead atoms. The van der Waals surface area contributed by atoms with Crippen LogP contribution < -0.4 is 10.5 Å². The predicted molar refractivity (Wildman–Crippen MR) is 90.3 cm³/mol. The molecule has 0 aliphatic carbocycles. The van der Waals surface area contributed by atoms with Gasteiger partial charge in [-0.2, -0.15) is 0 Å². The maximum absolute atomic E-state index is 12.8. The molecule has 0 radical (unpaired) electrons. The minimum Gasteiger partial charge on any atom is -0.497 e. The molecule has 1 aromatic carbocycles. The Bertz CT molecular complexity index is 740. The van der Waals surface area contributed by atoms with E-state index in [0.717, 1.165) is 23.6 Å². The Labute approximate surface area is 141 Å². The van der Waals surface area contributed by atoms with Gasteiger partial charge in [-0.1, -0.05) is 12.1 Å². The summed E-state index contributed by atoms with van der Waals surface area (Å²) in [5.41, 5.74) is 7.78. The molecule has 2 N–H and O–H groups in total. The molecule has 1 saturated heterocycles. The number of carbonyl (C=O) groups excluding carboxylic acids is 1. The zero-order valence-electron chi connectivity index (χ0n) is 14.3. The maximum atomic E-state index is 12.8. The molecule has 3 rings (SSSR count). The number of nitrogens with zero attached hydrogens (tertiary/aromatic N) is 4. The fourth-order valence-electron chi connectivity index (χ4n) is 3.01. The van der Waals surface area contributed by atoms with Crippen molar-refractivity contribution in [2.24, 2.45) is 11.1 Å². The van der Waals surface area contributed by atoms with Crippen LogP contribution in [0.2, 0.25) is 0 Å². The Morgan fingerprint density at radius 2 is 2.08 bits per heavy atom. The van der Waals surface area contributed by atoms with Gasteiger partial charge in [0.2, 0.25) is 0 Å². The number of hydrogen-bond donors (Lipinski definition) is 1. The largest absolute Gasteiger partial charge is 0.497 e. The van der Waals surface area contributed by atoms with Gasteiger partial charge in [0.05, 0.1) is 18.5 Å². The molecule has 0 saturated carbocycles. The molecule has 1 aliphatic heterocycles. The van der Waals surface area contributed by atoms with E-state index in [9.17, 15) is 4.79 Å². The molecule has 1 atom stereocenters. The molecule has 2 heterocycles. The zero-order chi connectivity index (χ0) is 17.3. The first kappa shape index (κ1) is 16.4. The Morgan fingerprint density at radius 1 is 1.38 bits per heavy atom. The van der Waals surface area contributed by atoms with E-state index in [1.807, 2.05) is 36.1 Å². The van der Waals surface area contributed by atoms with E-state index in [1.54, 1.807) is 11.8 Å². The summed E-state index contributed by atoms with van der Waals surface area (Å²) >= 11 is 0. The molecular weight excluding hydrogens is 306 g/mol. The van der Waals surface area contributed by atoms with Crippen LogP contribution in [0.4, 0.5) is 0 Å². The van der Waals surface area contributed by atoms with Crippen LogP contribution >= 0.6 is 0 Å². The van der Waals surface area contributed by atoms with E-state index in [4.69, 9.17) is 10.5 Å². The molecule has 1 fully saturated rings. The van der Waals surface area contributed by atoms with Gasteiger partial charge in [0.1, 0.15) is 5.75 Å². The summed E-state index contributed by atoms with van der Waals surface area (Å²) in [6, 6.07) is 7.47. The molecule has 24 heavy (non-hydrogen) atoms. The highest BCUT2D eigenvalue weighted by atomic mass is 16.5. The molecule has 2 aromatic rings. The lowest BCUT2D eigenvalue weighted by Gasteiger charge is -2.22. The summed E-state index contributed by atoms with van der Waals surface area (Å²) in [4.78, 5) is 14.6. The summed E-state index contributed by atoms with van der Waals surface area (Å²) in [5.74, 6) is 0.690. The van der Waals surface area contributed by atoms with Crippen LogP contribution in [0.5, 0.6) is 5.75 Å². The van der Waals surface area contributed by atoms with Crippen LogP contribution in [0, 0.1) is 12.3 Å². The van der Waals surface area contributed by atoms with Crippen molar-refractivity contribution in [2.75, 3.05) is 26.7 Å². The second-order valence-corrected chi connectivity index (χ2v) is 6.62. The van der Waals surface area contributed by atoms with Gasteiger partial charge in [-0.25, -0.2) is 4.68 Å². The quantitative estimate of drug-likeness (QED) is 0.916. The number of nitrogens with two attached hydrogens (primary N) is 1. The van der Waals surface area contributed by atoms with Crippen molar-refractivity contribution in [3.05, 3.63) is 35.7 Å². The SMILES string of the molecule is COc1ccc(-n2nnc(C(=O)N3CCC(C)(CN)C3)c2C)cc1. The number of likely N-dealkylation sites (tertiary alicyclic amines) is 1. The van der Waals surface area contributed by atoms with Crippen molar-refractivity contribution in [1.29, 1.82) is 0 Å². The van der Waals surface area contributed by atoms with E-state index in [-0.39, 0.29) is 11.3 Å². The van der Waals surface area contributed by atoms with Gasteiger partial charge < -0.3 is 15.4 Å².